The summed E-state index contributed by atoms with van der Waals surface area (Å²) in [6, 6.07) is 10.4. The molecule has 23 heavy (non-hydrogen) atoms. The molecule has 118 valence electrons. The van der Waals surface area contributed by atoms with Gasteiger partial charge in [0.25, 0.3) is 5.91 Å². The molecule has 0 radical (unpaired) electrons. The van der Waals surface area contributed by atoms with Crippen LogP contribution in [0.15, 0.2) is 36.5 Å². The highest BCUT2D eigenvalue weighted by Gasteiger charge is 2.47. The number of amides is 1. The van der Waals surface area contributed by atoms with Crippen molar-refractivity contribution in [1.29, 1.82) is 0 Å². The summed E-state index contributed by atoms with van der Waals surface area (Å²) in [5.41, 5.74) is 1.87. The first-order valence-corrected chi connectivity index (χ1v) is 8.06. The Bertz CT molecular complexity index is 748. The van der Waals surface area contributed by atoms with Crippen molar-refractivity contribution < 1.29 is 4.79 Å². The van der Waals surface area contributed by atoms with E-state index in [0.29, 0.717) is 0 Å². The zero-order chi connectivity index (χ0) is 16.0. The van der Waals surface area contributed by atoms with Crippen LogP contribution in [-0.4, -0.2) is 45.9 Å². The zero-order valence-corrected chi connectivity index (χ0v) is 13.4. The van der Waals surface area contributed by atoms with Gasteiger partial charge >= 0.3 is 0 Å². The van der Waals surface area contributed by atoms with Crippen molar-refractivity contribution in [2.75, 3.05) is 18.0 Å². The number of carbonyl (C=O) groups excluding carboxylic acids is 1. The Morgan fingerprint density at radius 3 is 2.57 bits per heavy atom. The fourth-order valence-corrected chi connectivity index (χ4v) is 3.70. The van der Waals surface area contributed by atoms with Gasteiger partial charge in [-0.2, -0.15) is 0 Å². The number of aryl methyl sites for hydroxylation is 2. The van der Waals surface area contributed by atoms with Gasteiger partial charge in [0.05, 0.1) is 12.1 Å². The van der Waals surface area contributed by atoms with E-state index in [1.807, 2.05) is 44.2 Å². The number of carbonyl (C=O) groups is 1. The molecular weight excluding hydrogens is 288 g/mol. The number of hydrogen-bond donors (Lipinski definition) is 0. The first-order valence-electron chi connectivity index (χ1n) is 8.06. The molecule has 0 spiro atoms. The summed E-state index contributed by atoms with van der Waals surface area (Å²) in [6.45, 7) is 5.61. The van der Waals surface area contributed by atoms with Crippen LogP contribution in [0.4, 0.5) is 5.82 Å². The lowest BCUT2D eigenvalue weighted by atomic mass is 9.86. The van der Waals surface area contributed by atoms with Gasteiger partial charge in [-0.3, -0.25) is 4.79 Å². The second kappa shape index (κ2) is 5.33. The first kappa shape index (κ1) is 14.2. The van der Waals surface area contributed by atoms with Gasteiger partial charge in [-0.1, -0.05) is 18.2 Å². The van der Waals surface area contributed by atoms with Crippen molar-refractivity contribution in [3.63, 3.8) is 0 Å². The number of benzene rings is 1. The number of aromatic nitrogens is 2. The summed E-state index contributed by atoms with van der Waals surface area (Å²) in [5.74, 6) is 1.92. The van der Waals surface area contributed by atoms with Gasteiger partial charge in [0.15, 0.2) is 0 Å². The van der Waals surface area contributed by atoms with Crippen LogP contribution in [0.2, 0.25) is 0 Å². The summed E-state index contributed by atoms with van der Waals surface area (Å²) < 4.78 is 0. The molecular formula is C18H20N4O. The summed E-state index contributed by atoms with van der Waals surface area (Å²) in [4.78, 5) is 25.8. The molecule has 0 aliphatic carbocycles. The van der Waals surface area contributed by atoms with Crippen LogP contribution in [0.5, 0.6) is 0 Å². The molecule has 5 heteroatoms. The van der Waals surface area contributed by atoms with Crippen molar-refractivity contribution in [3.8, 4) is 0 Å². The lowest BCUT2D eigenvalue weighted by molar-refractivity contribution is 0.00569. The maximum Gasteiger partial charge on any atom is 0.254 e. The smallest absolute Gasteiger partial charge is 0.254 e. The normalized spacial score (nSPS) is 22.7. The number of fused-ring (bicyclic) bond motifs is 2. The molecule has 2 unspecified atom stereocenters. The number of rotatable bonds is 2. The minimum Gasteiger partial charge on any atom is -0.352 e. The van der Waals surface area contributed by atoms with Crippen molar-refractivity contribution in [2.45, 2.75) is 32.4 Å². The summed E-state index contributed by atoms with van der Waals surface area (Å²) >= 11 is 0. The fraction of sp³-hybridized carbons (Fsp3) is 0.389. The fourth-order valence-electron chi connectivity index (χ4n) is 3.70. The second-order valence-electron chi connectivity index (χ2n) is 6.44. The van der Waals surface area contributed by atoms with Crippen molar-refractivity contribution in [2.24, 2.45) is 0 Å². The predicted octanol–water partition coefficient (Wildman–Crippen LogP) is 2.20. The molecule has 2 aromatic rings. The monoisotopic (exact) mass is 308 g/mol. The van der Waals surface area contributed by atoms with Gasteiger partial charge in [-0.15, -0.1) is 0 Å². The third-order valence-corrected chi connectivity index (χ3v) is 4.89. The molecule has 5 rings (SSSR count). The lowest BCUT2D eigenvalue weighted by Crippen LogP contribution is -2.70. The van der Waals surface area contributed by atoms with Gasteiger partial charge in [-0.05, 0) is 38.0 Å². The molecule has 3 fully saturated rings. The minimum atomic E-state index is 0.169. The van der Waals surface area contributed by atoms with E-state index >= 15 is 0 Å². The number of hydrogen-bond acceptors (Lipinski definition) is 4. The van der Waals surface area contributed by atoms with Gasteiger partial charge in [0, 0.05) is 24.8 Å². The van der Waals surface area contributed by atoms with Gasteiger partial charge in [-0.25, -0.2) is 9.97 Å². The molecule has 2 atom stereocenters. The highest BCUT2D eigenvalue weighted by molar-refractivity contribution is 5.96. The molecule has 0 saturated carbocycles. The van der Waals surface area contributed by atoms with Crippen molar-refractivity contribution in [1.82, 2.24) is 14.9 Å². The van der Waals surface area contributed by atoms with E-state index in [0.717, 1.165) is 42.3 Å². The van der Waals surface area contributed by atoms with Crippen LogP contribution in [0.1, 0.15) is 28.2 Å². The highest BCUT2D eigenvalue weighted by Crippen LogP contribution is 2.35. The van der Waals surface area contributed by atoms with E-state index < -0.39 is 0 Å². The van der Waals surface area contributed by atoms with Crippen LogP contribution >= 0.6 is 0 Å². The molecule has 5 nitrogen and oxygen atoms in total. The third kappa shape index (κ3) is 2.36. The van der Waals surface area contributed by atoms with Crippen LogP contribution in [0.3, 0.4) is 0 Å². The van der Waals surface area contributed by atoms with E-state index in [1.54, 1.807) is 6.20 Å². The summed E-state index contributed by atoms with van der Waals surface area (Å²) in [6.07, 6.45) is 2.90. The average molecular weight is 308 g/mol. The molecule has 3 saturated heterocycles. The van der Waals surface area contributed by atoms with Crippen LogP contribution in [0.25, 0.3) is 0 Å². The number of piperidine rings is 1. The Hall–Kier alpha value is -2.43. The molecule has 2 bridgehead atoms. The van der Waals surface area contributed by atoms with Crippen LogP contribution < -0.4 is 4.90 Å². The minimum absolute atomic E-state index is 0.169. The van der Waals surface area contributed by atoms with Gasteiger partial charge < -0.3 is 9.80 Å². The summed E-state index contributed by atoms with van der Waals surface area (Å²) in [5, 5.41) is 0. The predicted molar refractivity (Wildman–Crippen MR) is 88.5 cm³/mol. The Kier molecular flexibility index (Phi) is 3.29. The van der Waals surface area contributed by atoms with Gasteiger partial charge in [0.2, 0.25) is 0 Å². The lowest BCUT2D eigenvalue weighted by Gasteiger charge is -2.56. The molecule has 3 aliphatic rings. The topological polar surface area (TPSA) is 49.3 Å². The molecule has 0 N–H and O–H groups in total. The van der Waals surface area contributed by atoms with E-state index in [1.165, 1.54) is 0 Å². The number of nitrogens with zero attached hydrogens (tertiary/aromatic N) is 4. The quantitative estimate of drug-likeness (QED) is 0.853. The maximum absolute atomic E-state index is 12.8. The Morgan fingerprint density at radius 2 is 1.87 bits per heavy atom. The summed E-state index contributed by atoms with van der Waals surface area (Å²) in [7, 11) is 0. The third-order valence-electron chi connectivity index (χ3n) is 4.89. The van der Waals surface area contributed by atoms with E-state index in [4.69, 9.17) is 0 Å². The SMILES string of the molecule is Cc1nccc(N2CC3CC(C2)N3C(=O)c2ccccc2C)n1. The Labute approximate surface area is 136 Å². The molecule has 1 aromatic carbocycles. The van der Waals surface area contributed by atoms with E-state index in [9.17, 15) is 4.79 Å². The van der Waals surface area contributed by atoms with Crippen molar-refractivity contribution >= 4 is 11.7 Å². The Balaban J connectivity index is 1.52. The van der Waals surface area contributed by atoms with E-state index in [-0.39, 0.29) is 18.0 Å². The van der Waals surface area contributed by atoms with Gasteiger partial charge in [0.1, 0.15) is 11.6 Å². The second-order valence-corrected chi connectivity index (χ2v) is 6.44. The first-order chi connectivity index (χ1) is 11.1. The standard InChI is InChI=1S/C18H20N4O/c1-12-5-3-4-6-16(12)18(23)22-14-9-15(22)11-21(10-14)17-7-8-19-13(2)20-17/h3-8,14-15H,9-11H2,1-2H3. The highest BCUT2D eigenvalue weighted by atomic mass is 16.2. The van der Waals surface area contributed by atoms with E-state index in [2.05, 4.69) is 19.8 Å². The Morgan fingerprint density at radius 1 is 1.13 bits per heavy atom. The molecule has 3 aliphatic heterocycles. The van der Waals surface area contributed by atoms with Crippen molar-refractivity contribution in [3.05, 3.63) is 53.5 Å². The number of anilines is 1. The molecule has 1 aromatic heterocycles. The number of piperazine rings is 1. The largest absolute Gasteiger partial charge is 0.352 e. The maximum atomic E-state index is 12.8. The zero-order valence-electron chi connectivity index (χ0n) is 13.4. The van der Waals surface area contributed by atoms with Crippen LogP contribution in [0, 0.1) is 13.8 Å². The molecule has 1 amide bonds. The van der Waals surface area contributed by atoms with Crippen LogP contribution in [-0.2, 0) is 0 Å². The molecule has 4 heterocycles. The average Bonchev–Trinajstić information content (AvgIpc) is 2.55.